The zero-order chi connectivity index (χ0) is 22.4. The molecule has 7 heteroatoms. The van der Waals surface area contributed by atoms with Gasteiger partial charge in [-0.1, -0.05) is 43.3 Å². The van der Waals surface area contributed by atoms with Crippen LogP contribution < -0.4 is 9.62 Å². The van der Waals surface area contributed by atoms with Crippen LogP contribution in [0.2, 0.25) is 0 Å². The van der Waals surface area contributed by atoms with Gasteiger partial charge in [0.25, 0.3) is 0 Å². The lowest BCUT2D eigenvalue weighted by atomic mass is 10.1. The molecule has 1 aliphatic rings. The number of sulfonamides is 1. The Kier molecular flexibility index (Phi) is 7.73. The number of nitrogens with one attached hydrogen (secondary N) is 1. The van der Waals surface area contributed by atoms with Gasteiger partial charge in [0.05, 0.1) is 11.9 Å². The topological polar surface area (TPSA) is 69.7 Å². The quantitative estimate of drug-likeness (QED) is 0.646. The van der Waals surface area contributed by atoms with Crippen LogP contribution in [-0.2, 0) is 34.3 Å². The molecule has 168 valence electrons. The van der Waals surface area contributed by atoms with Crippen molar-refractivity contribution in [2.24, 2.45) is 0 Å². The first kappa shape index (κ1) is 23.3. The van der Waals surface area contributed by atoms with E-state index in [0.29, 0.717) is 12.2 Å². The second-order valence-corrected chi connectivity index (χ2v) is 10.1. The van der Waals surface area contributed by atoms with Gasteiger partial charge in [0.15, 0.2) is 0 Å². The van der Waals surface area contributed by atoms with Crippen LogP contribution >= 0.6 is 0 Å². The fourth-order valence-electron chi connectivity index (χ4n) is 3.99. The summed E-state index contributed by atoms with van der Waals surface area (Å²) in [7, 11) is -3.61. The van der Waals surface area contributed by atoms with Crippen LogP contribution in [0.3, 0.4) is 0 Å². The maximum atomic E-state index is 12.8. The Hall–Kier alpha value is -2.38. The van der Waals surface area contributed by atoms with E-state index >= 15 is 0 Å². The standard InChI is InChI=1S/C24H33N3O3S/c1-4-20-11-13-23(14-12-20)27(31(3,29)30)19(2)24(28)25-17-21-7-9-22(10-8-21)18-26-15-5-6-16-26/h7-14,19H,4-6,15-18H2,1-3H3,(H,25,28)/t19-/m1/s1. The van der Waals surface area contributed by atoms with E-state index in [1.54, 1.807) is 19.1 Å². The van der Waals surface area contributed by atoms with E-state index < -0.39 is 16.1 Å². The molecule has 2 aromatic carbocycles. The Morgan fingerprint density at radius 2 is 1.55 bits per heavy atom. The molecule has 1 heterocycles. The zero-order valence-corrected chi connectivity index (χ0v) is 19.5. The third-order valence-electron chi connectivity index (χ3n) is 5.78. The van der Waals surface area contributed by atoms with E-state index in [4.69, 9.17) is 0 Å². The molecule has 6 nitrogen and oxygen atoms in total. The molecule has 0 bridgehead atoms. The van der Waals surface area contributed by atoms with Crippen LogP contribution in [0.15, 0.2) is 48.5 Å². The number of benzene rings is 2. The van der Waals surface area contributed by atoms with Crippen molar-refractivity contribution in [2.75, 3.05) is 23.7 Å². The molecular weight excluding hydrogens is 410 g/mol. The highest BCUT2D eigenvalue weighted by molar-refractivity contribution is 7.92. The van der Waals surface area contributed by atoms with E-state index in [0.717, 1.165) is 43.4 Å². The number of anilines is 1. The molecule has 0 aliphatic carbocycles. The number of rotatable bonds is 9. The maximum Gasteiger partial charge on any atom is 0.243 e. The summed E-state index contributed by atoms with van der Waals surface area (Å²) >= 11 is 0. The maximum absolute atomic E-state index is 12.8. The Bertz CT molecular complexity index is 966. The van der Waals surface area contributed by atoms with Crippen molar-refractivity contribution < 1.29 is 13.2 Å². The van der Waals surface area contributed by atoms with Crippen molar-refractivity contribution in [2.45, 2.75) is 52.2 Å². The number of likely N-dealkylation sites (tertiary alicyclic amines) is 1. The Labute approximate surface area is 186 Å². The summed E-state index contributed by atoms with van der Waals surface area (Å²) in [5, 5.41) is 2.88. The molecule has 1 aliphatic heterocycles. The predicted octanol–water partition coefficient (Wildman–Crippen LogP) is 3.32. The first-order chi connectivity index (χ1) is 14.8. The highest BCUT2D eigenvalue weighted by atomic mass is 32.2. The van der Waals surface area contributed by atoms with E-state index in [1.807, 2.05) is 31.2 Å². The van der Waals surface area contributed by atoms with Gasteiger partial charge in [-0.15, -0.1) is 0 Å². The molecule has 1 N–H and O–H groups in total. The van der Waals surface area contributed by atoms with Gasteiger partial charge in [0, 0.05) is 13.1 Å². The molecule has 1 saturated heterocycles. The zero-order valence-electron chi connectivity index (χ0n) is 18.7. The Morgan fingerprint density at radius 1 is 1.00 bits per heavy atom. The first-order valence-electron chi connectivity index (χ1n) is 10.9. The van der Waals surface area contributed by atoms with Crippen molar-refractivity contribution in [1.82, 2.24) is 10.2 Å². The Balaban J connectivity index is 1.62. The molecule has 2 aromatic rings. The molecule has 0 saturated carbocycles. The van der Waals surface area contributed by atoms with Gasteiger partial charge < -0.3 is 5.32 Å². The van der Waals surface area contributed by atoms with Crippen LogP contribution in [0.25, 0.3) is 0 Å². The summed E-state index contributed by atoms with van der Waals surface area (Å²) in [4.78, 5) is 15.2. The van der Waals surface area contributed by atoms with Gasteiger partial charge in [0.1, 0.15) is 6.04 Å². The minimum Gasteiger partial charge on any atom is -0.350 e. The lowest BCUT2D eigenvalue weighted by Gasteiger charge is -2.28. The summed E-state index contributed by atoms with van der Waals surface area (Å²) in [5.41, 5.74) is 3.86. The molecule has 0 radical (unpaired) electrons. The van der Waals surface area contributed by atoms with Gasteiger partial charge >= 0.3 is 0 Å². The first-order valence-corrected chi connectivity index (χ1v) is 12.8. The van der Waals surface area contributed by atoms with Gasteiger partial charge in [0.2, 0.25) is 15.9 Å². The second-order valence-electron chi connectivity index (χ2n) is 8.27. The molecule has 1 amide bonds. The molecular formula is C24H33N3O3S. The van der Waals surface area contributed by atoms with Crippen molar-refractivity contribution >= 4 is 21.6 Å². The minimum atomic E-state index is -3.61. The molecule has 0 unspecified atom stereocenters. The fourth-order valence-corrected chi connectivity index (χ4v) is 5.16. The monoisotopic (exact) mass is 443 g/mol. The van der Waals surface area contributed by atoms with Gasteiger partial charge in [-0.2, -0.15) is 0 Å². The van der Waals surface area contributed by atoms with Gasteiger partial charge in [-0.25, -0.2) is 8.42 Å². The number of nitrogens with zero attached hydrogens (tertiary/aromatic N) is 2. The van der Waals surface area contributed by atoms with Crippen molar-refractivity contribution in [3.63, 3.8) is 0 Å². The summed E-state index contributed by atoms with van der Waals surface area (Å²) in [6.45, 7) is 7.30. The van der Waals surface area contributed by atoms with E-state index in [1.165, 1.54) is 22.7 Å². The molecule has 1 fully saturated rings. The summed E-state index contributed by atoms with van der Waals surface area (Å²) in [5.74, 6) is -0.328. The normalized spacial score (nSPS) is 15.6. The molecule has 0 spiro atoms. The van der Waals surface area contributed by atoms with E-state index in [2.05, 4.69) is 22.3 Å². The highest BCUT2D eigenvalue weighted by Crippen LogP contribution is 2.22. The van der Waals surface area contributed by atoms with Crippen LogP contribution in [0, 0.1) is 0 Å². The molecule has 3 rings (SSSR count). The number of hydrogen-bond acceptors (Lipinski definition) is 4. The van der Waals surface area contributed by atoms with Gasteiger partial charge in [-0.05, 0) is 68.1 Å². The Morgan fingerprint density at radius 3 is 2.10 bits per heavy atom. The minimum absolute atomic E-state index is 0.328. The average Bonchev–Trinajstić information content (AvgIpc) is 3.25. The fraction of sp³-hybridized carbons (Fsp3) is 0.458. The smallest absolute Gasteiger partial charge is 0.243 e. The highest BCUT2D eigenvalue weighted by Gasteiger charge is 2.28. The van der Waals surface area contributed by atoms with Crippen LogP contribution in [-0.4, -0.2) is 44.6 Å². The lowest BCUT2D eigenvalue weighted by Crippen LogP contribution is -2.47. The van der Waals surface area contributed by atoms with Crippen molar-refractivity contribution in [3.05, 3.63) is 65.2 Å². The number of aryl methyl sites for hydroxylation is 1. The van der Waals surface area contributed by atoms with E-state index in [-0.39, 0.29) is 5.91 Å². The van der Waals surface area contributed by atoms with Crippen LogP contribution in [0.1, 0.15) is 43.4 Å². The van der Waals surface area contributed by atoms with Crippen LogP contribution in [0.4, 0.5) is 5.69 Å². The van der Waals surface area contributed by atoms with Crippen molar-refractivity contribution in [1.29, 1.82) is 0 Å². The predicted molar refractivity (Wildman–Crippen MR) is 125 cm³/mol. The van der Waals surface area contributed by atoms with Crippen molar-refractivity contribution in [3.8, 4) is 0 Å². The average molecular weight is 444 g/mol. The summed E-state index contributed by atoms with van der Waals surface area (Å²) < 4.78 is 26.0. The summed E-state index contributed by atoms with van der Waals surface area (Å²) in [6, 6.07) is 14.7. The number of hydrogen-bond donors (Lipinski definition) is 1. The SMILES string of the molecule is CCc1ccc(N([C@H](C)C(=O)NCc2ccc(CN3CCCC3)cc2)S(C)(=O)=O)cc1. The largest absolute Gasteiger partial charge is 0.350 e. The number of carbonyl (C=O) groups excluding carboxylic acids is 1. The van der Waals surface area contributed by atoms with E-state index in [9.17, 15) is 13.2 Å². The molecule has 1 atom stereocenters. The third kappa shape index (κ3) is 6.31. The number of amides is 1. The molecule has 0 aromatic heterocycles. The molecule has 31 heavy (non-hydrogen) atoms. The summed E-state index contributed by atoms with van der Waals surface area (Å²) in [6.07, 6.45) is 4.54. The van der Waals surface area contributed by atoms with Gasteiger partial charge in [-0.3, -0.25) is 14.0 Å². The second kappa shape index (κ2) is 10.3. The lowest BCUT2D eigenvalue weighted by molar-refractivity contribution is -0.122. The van der Waals surface area contributed by atoms with Crippen LogP contribution in [0.5, 0.6) is 0 Å². The number of carbonyl (C=O) groups is 1. The third-order valence-corrected chi connectivity index (χ3v) is 7.02.